The van der Waals surface area contributed by atoms with Crippen molar-refractivity contribution in [3.8, 4) is 16.9 Å². The number of aromatic hydroxyl groups is 1. The molecule has 0 radical (unpaired) electrons. The number of likely N-dealkylation sites (tertiary alicyclic amines) is 1. The number of phenols is 1. The number of benzene rings is 2. The van der Waals surface area contributed by atoms with Gasteiger partial charge in [0.15, 0.2) is 5.58 Å². The Morgan fingerprint density at radius 2 is 1.81 bits per heavy atom. The average Bonchev–Trinajstić information content (AvgIpc) is 2.71. The summed E-state index contributed by atoms with van der Waals surface area (Å²) in [5.41, 5.74) is 3.69. The molecule has 1 fully saturated rings. The lowest BCUT2D eigenvalue weighted by Crippen LogP contribution is -3.11. The van der Waals surface area contributed by atoms with E-state index in [4.69, 9.17) is 4.42 Å². The van der Waals surface area contributed by atoms with E-state index in [0.29, 0.717) is 12.1 Å². The standard InChI is InChI=1S/C23H25NO3/c1-2-16-13-19-18(17-9-5-3-6-10-17)14-21(25)27-23(19)20(22(16)26)15-24-11-7-4-8-12-24/h3,5-6,9-10,13-14,26H,2,4,7-8,11-12,15H2,1H3/p+1. The lowest BCUT2D eigenvalue weighted by Gasteiger charge is -2.24. The van der Waals surface area contributed by atoms with E-state index in [0.717, 1.165) is 47.2 Å². The monoisotopic (exact) mass is 364 g/mol. The van der Waals surface area contributed by atoms with Gasteiger partial charge in [0.25, 0.3) is 0 Å². The third-order valence-electron chi connectivity index (χ3n) is 5.64. The van der Waals surface area contributed by atoms with Crippen LogP contribution >= 0.6 is 0 Å². The van der Waals surface area contributed by atoms with Crippen LogP contribution in [0.2, 0.25) is 0 Å². The highest BCUT2D eigenvalue weighted by molar-refractivity contribution is 5.96. The number of phenolic OH excluding ortho intramolecular Hbond substituents is 1. The van der Waals surface area contributed by atoms with Gasteiger partial charge in [0, 0.05) is 11.5 Å². The number of rotatable bonds is 4. The Morgan fingerprint density at radius 1 is 1.07 bits per heavy atom. The van der Waals surface area contributed by atoms with Gasteiger partial charge in [-0.25, -0.2) is 4.79 Å². The minimum absolute atomic E-state index is 0.288. The summed E-state index contributed by atoms with van der Waals surface area (Å²) in [5.74, 6) is 0.288. The molecule has 1 aromatic heterocycles. The Labute approximate surface area is 159 Å². The van der Waals surface area contributed by atoms with E-state index in [1.54, 1.807) is 6.07 Å². The van der Waals surface area contributed by atoms with Crippen molar-refractivity contribution in [3.05, 3.63) is 64.0 Å². The average molecular weight is 364 g/mol. The van der Waals surface area contributed by atoms with Crippen molar-refractivity contribution in [1.82, 2.24) is 0 Å². The third-order valence-corrected chi connectivity index (χ3v) is 5.64. The zero-order valence-corrected chi connectivity index (χ0v) is 15.8. The van der Waals surface area contributed by atoms with Gasteiger partial charge in [-0.15, -0.1) is 0 Å². The Balaban J connectivity index is 1.94. The SMILES string of the molecule is CCc1cc2c(-c3ccccc3)cc(=O)oc2c(C[NH+]2CCCCC2)c1O. The van der Waals surface area contributed by atoms with Gasteiger partial charge in [0.05, 0.1) is 18.7 Å². The second-order valence-electron chi connectivity index (χ2n) is 7.43. The van der Waals surface area contributed by atoms with Crippen LogP contribution in [0, 0.1) is 0 Å². The number of aryl methyl sites for hydroxylation is 1. The zero-order chi connectivity index (χ0) is 18.8. The molecule has 0 atom stereocenters. The lowest BCUT2D eigenvalue weighted by molar-refractivity contribution is -0.918. The number of quaternary nitrogens is 1. The number of nitrogens with one attached hydrogen (secondary N) is 1. The first-order valence-electron chi connectivity index (χ1n) is 9.88. The predicted molar refractivity (Wildman–Crippen MR) is 107 cm³/mol. The van der Waals surface area contributed by atoms with Gasteiger partial charge in [-0.3, -0.25) is 0 Å². The normalized spacial score (nSPS) is 15.3. The topological polar surface area (TPSA) is 54.9 Å². The van der Waals surface area contributed by atoms with E-state index in [1.807, 2.05) is 43.3 Å². The molecule has 2 aromatic carbocycles. The minimum Gasteiger partial charge on any atom is -0.507 e. The number of hydrogen-bond acceptors (Lipinski definition) is 3. The van der Waals surface area contributed by atoms with Crippen LogP contribution in [-0.2, 0) is 13.0 Å². The van der Waals surface area contributed by atoms with Crippen LogP contribution in [0.25, 0.3) is 22.1 Å². The van der Waals surface area contributed by atoms with Crippen molar-refractivity contribution in [3.63, 3.8) is 0 Å². The highest BCUT2D eigenvalue weighted by Crippen LogP contribution is 2.35. The largest absolute Gasteiger partial charge is 0.507 e. The summed E-state index contributed by atoms with van der Waals surface area (Å²) in [6.07, 6.45) is 4.43. The molecular formula is C23H26NO3+. The second-order valence-corrected chi connectivity index (χ2v) is 7.43. The highest BCUT2D eigenvalue weighted by Gasteiger charge is 2.23. The van der Waals surface area contributed by atoms with E-state index in [-0.39, 0.29) is 11.4 Å². The quantitative estimate of drug-likeness (QED) is 0.699. The maximum absolute atomic E-state index is 12.3. The van der Waals surface area contributed by atoms with Gasteiger partial charge in [-0.05, 0) is 48.4 Å². The van der Waals surface area contributed by atoms with Crippen LogP contribution < -0.4 is 10.5 Å². The van der Waals surface area contributed by atoms with Gasteiger partial charge in [0.2, 0.25) is 0 Å². The molecule has 0 spiro atoms. The summed E-state index contributed by atoms with van der Waals surface area (Å²) in [4.78, 5) is 13.8. The molecule has 1 aliphatic heterocycles. The number of hydrogen-bond donors (Lipinski definition) is 2. The Kier molecular flexibility index (Phi) is 4.99. The number of piperidine rings is 1. The number of fused-ring (bicyclic) bond motifs is 1. The molecule has 27 heavy (non-hydrogen) atoms. The Morgan fingerprint density at radius 3 is 2.52 bits per heavy atom. The third kappa shape index (κ3) is 3.50. The zero-order valence-electron chi connectivity index (χ0n) is 15.8. The molecule has 4 rings (SSSR count). The molecule has 4 nitrogen and oxygen atoms in total. The first kappa shape index (κ1) is 17.8. The second kappa shape index (κ2) is 7.57. The van der Waals surface area contributed by atoms with Gasteiger partial charge >= 0.3 is 5.63 Å². The first-order chi connectivity index (χ1) is 13.2. The Bertz CT molecular complexity index is 1000. The summed E-state index contributed by atoms with van der Waals surface area (Å²) in [6.45, 7) is 4.93. The summed E-state index contributed by atoms with van der Waals surface area (Å²) in [7, 11) is 0. The van der Waals surface area contributed by atoms with Gasteiger partial charge in [0.1, 0.15) is 12.3 Å². The first-order valence-corrected chi connectivity index (χ1v) is 9.88. The van der Waals surface area contributed by atoms with Crippen LogP contribution in [0.1, 0.15) is 37.3 Å². The molecule has 0 aliphatic carbocycles. The van der Waals surface area contributed by atoms with E-state index >= 15 is 0 Å². The molecule has 0 saturated carbocycles. The maximum Gasteiger partial charge on any atom is 0.336 e. The van der Waals surface area contributed by atoms with Crippen molar-refractivity contribution in [2.45, 2.75) is 39.2 Å². The van der Waals surface area contributed by atoms with E-state index in [9.17, 15) is 9.90 Å². The van der Waals surface area contributed by atoms with Gasteiger partial charge < -0.3 is 14.4 Å². The van der Waals surface area contributed by atoms with Crippen molar-refractivity contribution >= 4 is 11.0 Å². The molecule has 1 saturated heterocycles. The molecular weight excluding hydrogens is 338 g/mol. The fourth-order valence-electron chi connectivity index (χ4n) is 4.18. The van der Waals surface area contributed by atoms with E-state index < -0.39 is 0 Å². The van der Waals surface area contributed by atoms with Crippen LogP contribution in [-0.4, -0.2) is 18.2 Å². The molecule has 2 N–H and O–H groups in total. The van der Waals surface area contributed by atoms with Crippen molar-refractivity contribution < 1.29 is 14.4 Å². The van der Waals surface area contributed by atoms with Gasteiger partial charge in [-0.2, -0.15) is 0 Å². The Hall–Kier alpha value is -2.59. The maximum atomic E-state index is 12.3. The molecule has 2 heterocycles. The molecule has 3 aromatic rings. The van der Waals surface area contributed by atoms with Crippen LogP contribution in [0.5, 0.6) is 5.75 Å². The summed E-state index contributed by atoms with van der Waals surface area (Å²) >= 11 is 0. The lowest BCUT2D eigenvalue weighted by atomic mass is 9.95. The van der Waals surface area contributed by atoms with Crippen LogP contribution in [0.4, 0.5) is 0 Å². The van der Waals surface area contributed by atoms with E-state index in [2.05, 4.69) is 0 Å². The minimum atomic E-state index is -0.375. The molecule has 0 unspecified atom stereocenters. The fourth-order valence-corrected chi connectivity index (χ4v) is 4.18. The molecule has 140 valence electrons. The van der Waals surface area contributed by atoms with Crippen molar-refractivity contribution in [2.24, 2.45) is 0 Å². The molecule has 0 amide bonds. The summed E-state index contributed by atoms with van der Waals surface area (Å²) in [6, 6.07) is 13.4. The van der Waals surface area contributed by atoms with Gasteiger partial charge in [-0.1, -0.05) is 37.3 Å². The van der Waals surface area contributed by atoms with Crippen LogP contribution in [0.3, 0.4) is 0 Å². The van der Waals surface area contributed by atoms with Crippen molar-refractivity contribution in [2.75, 3.05) is 13.1 Å². The fraction of sp³-hybridized carbons (Fsp3) is 0.348. The van der Waals surface area contributed by atoms with Crippen molar-refractivity contribution in [1.29, 1.82) is 0 Å². The predicted octanol–water partition coefficient (Wildman–Crippen LogP) is 3.30. The molecule has 1 aliphatic rings. The summed E-state index contributed by atoms with van der Waals surface area (Å²) in [5, 5.41) is 11.8. The summed E-state index contributed by atoms with van der Waals surface area (Å²) < 4.78 is 5.65. The highest BCUT2D eigenvalue weighted by atomic mass is 16.4. The molecule has 0 bridgehead atoms. The smallest absolute Gasteiger partial charge is 0.336 e. The molecule has 4 heteroatoms. The van der Waals surface area contributed by atoms with E-state index in [1.165, 1.54) is 24.2 Å². The van der Waals surface area contributed by atoms with Crippen LogP contribution in [0.15, 0.2) is 51.7 Å².